The van der Waals surface area contributed by atoms with Gasteiger partial charge >= 0.3 is 0 Å². The molecule has 2 heteroatoms. The number of carbonyl (C=O) groups is 1. The second kappa shape index (κ2) is 18.5. The molecule has 1 atom stereocenters. The second-order valence-electron chi connectivity index (χ2n) is 9.26. The predicted octanol–water partition coefficient (Wildman–Crippen LogP) is 8.29. The summed E-state index contributed by atoms with van der Waals surface area (Å²) in [6.07, 6.45) is 26.9. The molecule has 0 N–H and O–H groups in total. The summed E-state index contributed by atoms with van der Waals surface area (Å²) in [5, 5.41) is 0. The zero-order chi connectivity index (χ0) is 20.3. The molecule has 2 nitrogen and oxygen atoms in total. The van der Waals surface area contributed by atoms with E-state index in [-0.39, 0.29) is 0 Å². The van der Waals surface area contributed by atoms with Crippen molar-refractivity contribution in [1.29, 1.82) is 0 Å². The van der Waals surface area contributed by atoms with Crippen molar-refractivity contribution in [1.82, 2.24) is 4.90 Å². The average Bonchev–Trinajstić information content (AvgIpc) is 3.05. The predicted molar refractivity (Wildman–Crippen MR) is 124 cm³/mol. The number of hydrogen-bond acceptors (Lipinski definition) is 1. The van der Waals surface area contributed by atoms with Crippen molar-refractivity contribution >= 4 is 5.91 Å². The lowest BCUT2D eigenvalue weighted by Gasteiger charge is -2.16. The van der Waals surface area contributed by atoms with Gasteiger partial charge in [-0.25, -0.2) is 0 Å². The molecule has 0 aromatic rings. The zero-order valence-corrected chi connectivity index (χ0v) is 19.5. The standard InChI is InChI=1S/C26H51NO/c1-3-5-7-9-11-13-14-15-17-19-21-25-22-24-27(26(25)28)23-20-18-16-12-10-8-6-4-2/h25H,3-24H2,1-2H3. The van der Waals surface area contributed by atoms with E-state index in [1.165, 1.54) is 116 Å². The van der Waals surface area contributed by atoms with Crippen molar-refractivity contribution in [2.24, 2.45) is 5.92 Å². The monoisotopic (exact) mass is 393 g/mol. The highest BCUT2D eigenvalue weighted by Gasteiger charge is 2.30. The summed E-state index contributed by atoms with van der Waals surface area (Å²) in [6.45, 7) is 6.60. The SMILES string of the molecule is CCCCCCCCCCCCC1CCN(CCCCCCCCCC)C1=O. The smallest absolute Gasteiger partial charge is 0.225 e. The molecule has 1 aliphatic heterocycles. The largest absolute Gasteiger partial charge is 0.342 e. The first-order valence-electron chi connectivity index (χ1n) is 13.1. The van der Waals surface area contributed by atoms with Gasteiger partial charge in [0, 0.05) is 19.0 Å². The molecular formula is C26H51NO. The Balaban J connectivity index is 1.91. The first-order valence-corrected chi connectivity index (χ1v) is 13.1. The first kappa shape index (κ1) is 25.5. The molecule has 0 aromatic heterocycles. The average molecular weight is 394 g/mol. The van der Waals surface area contributed by atoms with Crippen LogP contribution in [0, 0.1) is 5.92 Å². The van der Waals surface area contributed by atoms with Crippen LogP contribution in [0.5, 0.6) is 0 Å². The van der Waals surface area contributed by atoms with Gasteiger partial charge in [-0.1, -0.05) is 123 Å². The van der Waals surface area contributed by atoms with Gasteiger partial charge in [0.05, 0.1) is 0 Å². The van der Waals surface area contributed by atoms with Crippen LogP contribution < -0.4 is 0 Å². The van der Waals surface area contributed by atoms with Gasteiger partial charge in [-0.3, -0.25) is 4.79 Å². The molecule has 0 radical (unpaired) electrons. The highest BCUT2D eigenvalue weighted by atomic mass is 16.2. The van der Waals surface area contributed by atoms with Crippen LogP contribution in [0.15, 0.2) is 0 Å². The van der Waals surface area contributed by atoms with E-state index in [4.69, 9.17) is 0 Å². The van der Waals surface area contributed by atoms with Crippen LogP contribution in [-0.2, 0) is 4.79 Å². The number of carbonyl (C=O) groups excluding carboxylic acids is 1. The lowest BCUT2D eigenvalue weighted by molar-refractivity contribution is -0.131. The van der Waals surface area contributed by atoms with E-state index in [1.54, 1.807) is 0 Å². The molecule has 1 amide bonds. The molecule has 166 valence electrons. The van der Waals surface area contributed by atoms with Crippen molar-refractivity contribution in [3.05, 3.63) is 0 Å². The Morgan fingerprint density at radius 1 is 0.643 bits per heavy atom. The van der Waals surface area contributed by atoms with Gasteiger partial charge in [-0.2, -0.15) is 0 Å². The Labute approximate surface area is 177 Å². The van der Waals surface area contributed by atoms with Crippen LogP contribution in [0.2, 0.25) is 0 Å². The molecule has 28 heavy (non-hydrogen) atoms. The summed E-state index contributed by atoms with van der Waals surface area (Å²) in [5.74, 6) is 0.821. The maximum atomic E-state index is 12.6. The number of likely N-dealkylation sites (tertiary alicyclic amines) is 1. The molecule has 0 aromatic carbocycles. The maximum absolute atomic E-state index is 12.6. The molecule has 0 aliphatic carbocycles. The Kier molecular flexibility index (Phi) is 16.8. The molecule has 1 rings (SSSR count). The summed E-state index contributed by atoms with van der Waals surface area (Å²) < 4.78 is 0. The molecule has 1 unspecified atom stereocenters. The summed E-state index contributed by atoms with van der Waals surface area (Å²) in [4.78, 5) is 14.7. The summed E-state index contributed by atoms with van der Waals surface area (Å²) >= 11 is 0. The third-order valence-corrected chi connectivity index (χ3v) is 6.60. The van der Waals surface area contributed by atoms with Gasteiger partial charge in [0.2, 0.25) is 5.91 Å². The van der Waals surface area contributed by atoms with Crippen LogP contribution >= 0.6 is 0 Å². The molecular weight excluding hydrogens is 342 g/mol. The lowest BCUT2D eigenvalue weighted by Crippen LogP contribution is -2.28. The van der Waals surface area contributed by atoms with Gasteiger partial charge in [-0.05, 0) is 19.3 Å². The van der Waals surface area contributed by atoms with Gasteiger partial charge < -0.3 is 4.90 Å². The van der Waals surface area contributed by atoms with Gasteiger partial charge in [0.1, 0.15) is 0 Å². The number of nitrogens with zero attached hydrogens (tertiary/aromatic N) is 1. The van der Waals surface area contributed by atoms with Crippen LogP contribution in [0.1, 0.15) is 142 Å². The van der Waals surface area contributed by atoms with E-state index in [0.717, 1.165) is 25.9 Å². The fourth-order valence-corrected chi connectivity index (χ4v) is 4.61. The van der Waals surface area contributed by atoms with Gasteiger partial charge in [0.25, 0.3) is 0 Å². The Morgan fingerprint density at radius 3 is 1.57 bits per heavy atom. The van der Waals surface area contributed by atoms with Crippen LogP contribution in [0.4, 0.5) is 0 Å². The Morgan fingerprint density at radius 2 is 1.07 bits per heavy atom. The van der Waals surface area contributed by atoms with Gasteiger partial charge in [-0.15, -0.1) is 0 Å². The minimum atomic E-state index is 0.350. The first-order chi connectivity index (χ1) is 13.8. The van der Waals surface area contributed by atoms with E-state index in [2.05, 4.69) is 18.7 Å². The third kappa shape index (κ3) is 12.8. The quantitative estimate of drug-likeness (QED) is 0.190. The third-order valence-electron chi connectivity index (χ3n) is 6.60. The molecule has 1 aliphatic rings. The lowest BCUT2D eigenvalue weighted by atomic mass is 9.98. The summed E-state index contributed by atoms with van der Waals surface area (Å²) in [7, 11) is 0. The highest BCUT2D eigenvalue weighted by Crippen LogP contribution is 2.24. The normalized spacial score (nSPS) is 17.0. The molecule has 1 heterocycles. The number of amides is 1. The fourth-order valence-electron chi connectivity index (χ4n) is 4.61. The number of hydrogen-bond donors (Lipinski definition) is 0. The minimum absolute atomic E-state index is 0.350. The summed E-state index contributed by atoms with van der Waals surface area (Å²) in [6, 6.07) is 0. The van der Waals surface area contributed by atoms with E-state index in [0.29, 0.717) is 11.8 Å². The molecule has 1 fully saturated rings. The second-order valence-corrected chi connectivity index (χ2v) is 9.26. The van der Waals surface area contributed by atoms with E-state index < -0.39 is 0 Å². The Hall–Kier alpha value is -0.530. The molecule has 0 spiro atoms. The topological polar surface area (TPSA) is 20.3 Å². The van der Waals surface area contributed by atoms with Crippen molar-refractivity contribution in [3.63, 3.8) is 0 Å². The molecule has 0 bridgehead atoms. The van der Waals surface area contributed by atoms with E-state index in [9.17, 15) is 4.79 Å². The van der Waals surface area contributed by atoms with Crippen LogP contribution in [0.3, 0.4) is 0 Å². The van der Waals surface area contributed by atoms with Crippen molar-refractivity contribution in [2.45, 2.75) is 142 Å². The van der Waals surface area contributed by atoms with Crippen LogP contribution in [0.25, 0.3) is 0 Å². The van der Waals surface area contributed by atoms with Crippen molar-refractivity contribution < 1.29 is 4.79 Å². The minimum Gasteiger partial charge on any atom is -0.342 e. The van der Waals surface area contributed by atoms with E-state index >= 15 is 0 Å². The Bertz CT molecular complexity index is 354. The van der Waals surface area contributed by atoms with Crippen molar-refractivity contribution in [2.75, 3.05) is 13.1 Å². The number of rotatable bonds is 20. The van der Waals surface area contributed by atoms with Crippen molar-refractivity contribution in [3.8, 4) is 0 Å². The maximum Gasteiger partial charge on any atom is 0.225 e. The zero-order valence-electron chi connectivity index (χ0n) is 19.5. The molecule has 1 saturated heterocycles. The van der Waals surface area contributed by atoms with E-state index in [1.807, 2.05) is 0 Å². The van der Waals surface area contributed by atoms with Gasteiger partial charge in [0.15, 0.2) is 0 Å². The molecule has 0 saturated carbocycles. The van der Waals surface area contributed by atoms with Crippen LogP contribution in [-0.4, -0.2) is 23.9 Å². The number of unbranched alkanes of at least 4 members (excludes halogenated alkanes) is 16. The summed E-state index contributed by atoms with van der Waals surface area (Å²) in [5.41, 5.74) is 0. The highest BCUT2D eigenvalue weighted by molar-refractivity contribution is 5.80. The fraction of sp³-hybridized carbons (Fsp3) is 0.962.